The van der Waals surface area contributed by atoms with Gasteiger partial charge in [0.15, 0.2) is 18.4 Å². The molecule has 0 spiro atoms. The van der Waals surface area contributed by atoms with Gasteiger partial charge in [0.1, 0.15) is 12.4 Å². The summed E-state index contributed by atoms with van der Waals surface area (Å²) in [6.07, 6.45) is 0. The minimum Gasteiger partial charge on any atom is -0.467 e. The maximum atomic E-state index is 13.0. The molecular weight excluding hydrogens is 455 g/mol. The highest BCUT2D eigenvalue weighted by Gasteiger charge is 2.33. The number of carbonyl (C=O) groups excluding carboxylic acids is 3. The lowest BCUT2D eigenvalue weighted by Gasteiger charge is -2.21. The summed E-state index contributed by atoms with van der Waals surface area (Å²) in [5.41, 5.74) is 2.06. The molecule has 0 unspecified atom stereocenters. The van der Waals surface area contributed by atoms with Gasteiger partial charge in [-0.2, -0.15) is 0 Å². The summed E-state index contributed by atoms with van der Waals surface area (Å²) in [4.78, 5) is 38.6. The lowest BCUT2D eigenvalue weighted by Crippen LogP contribution is -2.22. The van der Waals surface area contributed by atoms with E-state index in [0.29, 0.717) is 28.5 Å². The van der Waals surface area contributed by atoms with E-state index < -0.39 is 11.8 Å². The first kappa shape index (κ1) is 20.7. The molecule has 0 aromatic heterocycles. The molecule has 0 radical (unpaired) electrons. The van der Waals surface area contributed by atoms with E-state index in [2.05, 4.69) is 0 Å². The molecule has 0 bridgehead atoms. The number of hydrogen-bond donors (Lipinski definition) is 0. The summed E-state index contributed by atoms with van der Waals surface area (Å²) >= 11 is 12.6. The predicted octanol–water partition coefficient (Wildman–Crippen LogP) is 4.99. The van der Waals surface area contributed by atoms with Crippen molar-refractivity contribution in [3.8, 4) is 5.75 Å². The van der Waals surface area contributed by atoms with Crippen LogP contribution in [-0.4, -0.2) is 24.3 Å². The lowest BCUT2D eigenvalue weighted by atomic mass is 9.83. The standard InChI is InChI=1S/C24H14Cl2O6/c25-14-7-12-9-30-11-32-23(12)13(8-14)10-31-24(29)18-6-5-17-19(20(18)26)22(28)16-4-2-1-3-15(16)21(17)27/h1-8H,9-11H2. The zero-order chi connectivity index (χ0) is 22.4. The van der Waals surface area contributed by atoms with E-state index in [1.54, 1.807) is 36.4 Å². The van der Waals surface area contributed by atoms with Crippen molar-refractivity contribution in [3.63, 3.8) is 0 Å². The minimum absolute atomic E-state index is 0.00503. The first-order valence-electron chi connectivity index (χ1n) is 9.65. The number of esters is 1. The summed E-state index contributed by atoms with van der Waals surface area (Å²) in [5, 5.41) is 0.344. The molecule has 0 saturated heterocycles. The Morgan fingerprint density at radius 2 is 1.72 bits per heavy atom. The number of carbonyl (C=O) groups is 3. The van der Waals surface area contributed by atoms with Gasteiger partial charge in [0.25, 0.3) is 0 Å². The van der Waals surface area contributed by atoms with Gasteiger partial charge in [-0.15, -0.1) is 0 Å². The summed E-state index contributed by atoms with van der Waals surface area (Å²) in [7, 11) is 0. The van der Waals surface area contributed by atoms with Gasteiger partial charge in [-0.1, -0.05) is 47.5 Å². The predicted molar refractivity (Wildman–Crippen MR) is 116 cm³/mol. The molecule has 0 fully saturated rings. The fourth-order valence-corrected chi connectivity index (χ4v) is 4.48. The number of ketones is 2. The molecule has 0 saturated carbocycles. The maximum absolute atomic E-state index is 13.0. The molecule has 1 aliphatic heterocycles. The van der Waals surface area contributed by atoms with Crippen LogP contribution in [0.2, 0.25) is 10.0 Å². The average Bonchev–Trinajstić information content (AvgIpc) is 2.80. The first-order valence-corrected chi connectivity index (χ1v) is 10.4. The smallest absolute Gasteiger partial charge is 0.340 e. The molecule has 5 rings (SSSR count). The Bertz CT molecular complexity index is 1310. The van der Waals surface area contributed by atoms with Gasteiger partial charge in [0.05, 0.1) is 22.8 Å². The van der Waals surface area contributed by atoms with Crippen molar-refractivity contribution in [3.05, 3.63) is 97.5 Å². The summed E-state index contributed by atoms with van der Waals surface area (Å²) in [6, 6.07) is 12.7. The van der Waals surface area contributed by atoms with Crippen LogP contribution in [0, 0.1) is 0 Å². The molecule has 0 atom stereocenters. The molecule has 1 aliphatic carbocycles. The SMILES string of the molecule is O=C(OCc1cc(Cl)cc2c1OCOC2)c1ccc2c(c1Cl)C(=O)c1ccccc1C2=O. The van der Waals surface area contributed by atoms with Crippen LogP contribution < -0.4 is 4.74 Å². The Morgan fingerprint density at radius 1 is 0.969 bits per heavy atom. The third-order valence-corrected chi connectivity index (χ3v) is 5.97. The van der Waals surface area contributed by atoms with E-state index in [4.69, 9.17) is 37.4 Å². The van der Waals surface area contributed by atoms with E-state index in [1.807, 2.05) is 0 Å². The summed E-state index contributed by atoms with van der Waals surface area (Å²) < 4.78 is 16.2. The molecule has 8 heteroatoms. The van der Waals surface area contributed by atoms with E-state index >= 15 is 0 Å². The third kappa shape index (κ3) is 3.37. The molecule has 160 valence electrons. The Hall–Kier alpha value is -3.19. The fraction of sp³-hybridized carbons (Fsp3) is 0.125. The molecular formula is C24H14Cl2O6. The third-order valence-electron chi connectivity index (χ3n) is 5.36. The second kappa shape index (κ2) is 8.06. The second-order valence-electron chi connectivity index (χ2n) is 7.29. The van der Waals surface area contributed by atoms with Crippen molar-refractivity contribution in [2.45, 2.75) is 13.2 Å². The number of halogens is 2. The van der Waals surface area contributed by atoms with Gasteiger partial charge < -0.3 is 14.2 Å². The molecule has 1 heterocycles. The first-order chi connectivity index (χ1) is 15.5. The number of rotatable bonds is 3. The van der Waals surface area contributed by atoms with Crippen LogP contribution in [0.5, 0.6) is 5.75 Å². The van der Waals surface area contributed by atoms with E-state index in [1.165, 1.54) is 12.1 Å². The van der Waals surface area contributed by atoms with Crippen molar-refractivity contribution in [2.75, 3.05) is 6.79 Å². The Kier molecular flexibility index (Phi) is 5.21. The molecule has 6 nitrogen and oxygen atoms in total. The Labute approximate surface area is 192 Å². The topological polar surface area (TPSA) is 78.9 Å². The molecule has 3 aromatic rings. The van der Waals surface area contributed by atoms with E-state index in [0.717, 1.165) is 5.56 Å². The largest absolute Gasteiger partial charge is 0.467 e. The van der Waals surface area contributed by atoms with Crippen LogP contribution in [0.3, 0.4) is 0 Å². The van der Waals surface area contributed by atoms with E-state index in [-0.39, 0.29) is 46.5 Å². The highest BCUT2D eigenvalue weighted by molar-refractivity contribution is 6.41. The van der Waals surface area contributed by atoms with Gasteiger partial charge in [0, 0.05) is 32.8 Å². The molecule has 2 aliphatic rings. The Balaban J connectivity index is 1.45. The van der Waals surface area contributed by atoms with Crippen molar-refractivity contribution in [1.29, 1.82) is 0 Å². The fourth-order valence-electron chi connectivity index (χ4n) is 3.89. The van der Waals surface area contributed by atoms with E-state index in [9.17, 15) is 14.4 Å². The second-order valence-corrected chi connectivity index (χ2v) is 8.11. The van der Waals surface area contributed by atoms with Crippen LogP contribution in [-0.2, 0) is 22.7 Å². The normalized spacial score (nSPS) is 14.2. The molecule has 0 amide bonds. The van der Waals surface area contributed by atoms with Gasteiger partial charge >= 0.3 is 5.97 Å². The van der Waals surface area contributed by atoms with Crippen LogP contribution in [0.1, 0.15) is 53.3 Å². The highest BCUT2D eigenvalue weighted by Crippen LogP contribution is 2.35. The minimum atomic E-state index is -0.738. The number of benzene rings is 3. The van der Waals surface area contributed by atoms with Crippen LogP contribution in [0.4, 0.5) is 0 Å². The van der Waals surface area contributed by atoms with Crippen LogP contribution >= 0.6 is 23.2 Å². The molecule has 0 N–H and O–H groups in total. The van der Waals surface area contributed by atoms with Gasteiger partial charge in [0.2, 0.25) is 0 Å². The van der Waals surface area contributed by atoms with Crippen molar-refractivity contribution < 1.29 is 28.6 Å². The van der Waals surface area contributed by atoms with Gasteiger partial charge in [-0.3, -0.25) is 9.59 Å². The average molecular weight is 469 g/mol. The monoisotopic (exact) mass is 468 g/mol. The number of hydrogen-bond acceptors (Lipinski definition) is 6. The van der Waals surface area contributed by atoms with Gasteiger partial charge in [-0.05, 0) is 24.3 Å². The Morgan fingerprint density at radius 3 is 2.50 bits per heavy atom. The van der Waals surface area contributed by atoms with Gasteiger partial charge in [-0.25, -0.2) is 4.79 Å². The van der Waals surface area contributed by atoms with Crippen LogP contribution in [0.25, 0.3) is 0 Å². The highest BCUT2D eigenvalue weighted by atomic mass is 35.5. The quantitative estimate of drug-likeness (QED) is 0.394. The maximum Gasteiger partial charge on any atom is 0.340 e. The zero-order valence-corrected chi connectivity index (χ0v) is 18.0. The van der Waals surface area contributed by atoms with Crippen molar-refractivity contribution >= 4 is 40.7 Å². The van der Waals surface area contributed by atoms with Crippen molar-refractivity contribution in [2.24, 2.45) is 0 Å². The molecule has 32 heavy (non-hydrogen) atoms. The number of ether oxygens (including phenoxy) is 3. The van der Waals surface area contributed by atoms with Crippen molar-refractivity contribution in [1.82, 2.24) is 0 Å². The zero-order valence-electron chi connectivity index (χ0n) is 16.4. The van der Waals surface area contributed by atoms with Crippen LogP contribution in [0.15, 0.2) is 48.5 Å². The summed E-state index contributed by atoms with van der Waals surface area (Å²) in [6.45, 7) is 0.305. The summed E-state index contributed by atoms with van der Waals surface area (Å²) in [5.74, 6) is -0.908. The molecule has 3 aromatic carbocycles. The lowest BCUT2D eigenvalue weighted by molar-refractivity contribution is -0.0180. The number of fused-ring (bicyclic) bond motifs is 3.